The SMILES string of the molecule is O=C(O)Cc1c(Cl)c(O)nc(Cl)c1Cl. The van der Waals surface area contributed by atoms with Crippen LogP contribution >= 0.6 is 34.8 Å². The number of hydrogen-bond acceptors (Lipinski definition) is 3. The Kier molecular flexibility index (Phi) is 3.42. The number of halogens is 3. The number of rotatable bonds is 2. The standard InChI is InChI=1S/C7H4Cl3NO3/c8-4-2(1-3(12)13)5(9)7(14)11-6(4)10/h1H2,(H,11,14)(H,12,13). The molecule has 7 heteroatoms. The van der Waals surface area contributed by atoms with Crippen molar-refractivity contribution in [3.63, 3.8) is 0 Å². The van der Waals surface area contributed by atoms with E-state index in [-0.39, 0.29) is 20.8 Å². The van der Waals surface area contributed by atoms with Crippen molar-refractivity contribution < 1.29 is 15.0 Å². The summed E-state index contributed by atoms with van der Waals surface area (Å²) in [6, 6.07) is 0. The predicted molar refractivity (Wildman–Crippen MR) is 52.3 cm³/mol. The van der Waals surface area contributed by atoms with Crippen molar-refractivity contribution in [3.05, 3.63) is 20.8 Å². The largest absolute Gasteiger partial charge is 0.492 e. The van der Waals surface area contributed by atoms with Gasteiger partial charge < -0.3 is 10.2 Å². The molecule has 0 saturated carbocycles. The molecule has 0 aromatic carbocycles. The van der Waals surface area contributed by atoms with Crippen molar-refractivity contribution in [1.82, 2.24) is 4.98 Å². The molecule has 0 aliphatic rings. The molecule has 1 aromatic heterocycles. The second-order valence-corrected chi connectivity index (χ2v) is 3.52. The first kappa shape index (κ1) is 11.4. The smallest absolute Gasteiger partial charge is 0.307 e. The van der Waals surface area contributed by atoms with Crippen LogP contribution in [0, 0.1) is 0 Å². The van der Waals surface area contributed by atoms with Crippen LogP contribution in [0.5, 0.6) is 5.88 Å². The normalized spacial score (nSPS) is 10.2. The lowest BCUT2D eigenvalue weighted by molar-refractivity contribution is -0.136. The van der Waals surface area contributed by atoms with Crippen LogP contribution in [0.4, 0.5) is 0 Å². The lowest BCUT2D eigenvalue weighted by atomic mass is 10.2. The van der Waals surface area contributed by atoms with Crippen LogP contribution in [0.2, 0.25) is 15.2 Å². The van der Waals surface area contributed by atoms with Gasteiger partial charge in [-0.2, -0.15) is 4.98 Å². The molecule has 2 N–H and O–H groups in total. The Balaban J connectivity index is 3.31. The third-order valence-corrected chi connectivity index (χ3v) is 2.61. The van der Waals surface area contributed by atoms with E-state index < -0.39 is 18.3 Å². The monoisotopic (exact) mass is 255 g/mol. The molecule has 0 amide bonds. The average Bonchev–Trinajstić information content (AvgIpc) is 2.09. The van der Waals surface area contributed by atoms with Crippen LogP contribution in [-0.4, -0.2) is 21.2 Å². The first-order chi connectivity index (χ1) is 6.43. The number of carboxylic acids is 1. The van der Waals surface area contributed by atoms with E-state index in [0.29, 0.717) is 0 Å². The minimum atomic E-state index is -1.13. The second-order valence-electron chi connectivity index (χ2n) is 2.40. The van der Waals surface area contributed by atoms with E-state index in [4.69, 9.17) is 45.0 Å². The Hall–Kier alpha value is -0.710. The highest BCUT2D eigenvalue weighted by Gasteiger charge is 2.17. The van der Waals surface area contributed by atoms with Gasteiger partial charge >= 0.3 is 5.97 Å². The third kappa shape index (κ3) is 2.20. The zero-order chi connectivity index (χ0) is 10.9. The van der Waals surface area contributed by atoms with E-state index in [1.54, 1.807) is 0 Å². The number of nitrogens with zero attached hydrogens (tertiary/aromatic N) is 1. The van der Waals surface area contributed by atoms with E-state index in [0.717, 1.165) is 0 Å². The first-order valence-corrected chi connectivity index (χ1v) is 4.51. The van der Waals surface area contributed by atoms with E-state index >= 15 is 0 Å². The maximum atomic E-state index is 10.4. The quantitative estimate of drug-likeness (QED) is 0.797. The average molecular weight is 256 g/mol. The summed E-state index contributed by atoms with van der Waals surface area (Å²) in [6.07, 6.45) is -0.423. The molecule has 0 aliphatic carbocycles. The Morgan fingerprint density at radius 1 is 1.29 bits per heavy atom. The molecular formula is C7H4Cl3NO3. The second kappa shape index (κ2) is 4.21. The fourth-order valence-corrected chi connectivity index (χ4v) is 1.50. The maximum absolute atomic E-state index is 10.4. The Labute approximate surface area is 94.0 Å². The Bertz CT molecular complexity index is 368. The Morgan fingerprint density at radius 3 is 2.36 bits per heavy atom. The van der Waals surface area contributed by atoms with Gasteiger partial charge in [0.15, 0.2) is 5.15 Å². The molecule has 76 valence electrons. The number of aromatic hydroxyl groups is 1. The molecule has 0 aliphatic heterocycles. The number of pyridine rings is 1. The van der Waals surface area contributed by atoms with Crippen molar-refractivity contribution in [2.45, 2.75) is 6.42 Å². The topological polar surface area (TPSA) is 70.4 Å². The molecule has 0 fully saturated rings. The van der Waals surface area contributed by atoms with Crippen molar-refractivity contribution >= 4 is 40.8 Å². The van der Waals surface area contributed by atoms with E-state index in [9.17, 15) is 4.79 Å². The number of hydrogen-bond donors (Lipinski definition) is 2. The summed E-state index contributed by atoms with van der Waals surface area (Å²) in [4.78, 5) is 13.8. The molecule has 0 unspecified atom stereocenters. The van der Waals surface area contributed by atoms with Crippen molar-refractivity contribution in [2.24, 2.45) is 0 Å². The van der Waals surface area contributed by atoms with Gasteiger partial charge in [-0.1, -0.05) is 34.8 Å². The third-order valence-electron chi connectivity index (χ3n) is 1.44. The van der Waals surface area contributed by atoms with Gasteiger partial charge in [0.2, 0.25) is 5.88 Å². The van der Waals surface area contributed by atoms with Crippen LogP contribution in [0.1, 0.15) is 5.56 Å². The fourth-order valence-electron chi connectivity index (χ4n) is 0.853. The van der Waals surface area contributed by atoms with E-state index in [1.807, 2.05) is 0 Å². The van der Waals surface area contributed by atoms with E-state index in [2.05, 4.69) is 4.98 Å². The van der Waals surface area contributed by atoms with Gasteiger partial charge in [0, 0.05) is 5.56 Å². The molecule has 0 saturated heterocycles. The van der Waals surface area contributed by atoms with Crippen molar-refractivity contribution in [3.8, 4) is 5.88 Å². The zero-order valence-electron chi connectivity index (χ0n) is 6.59. The lowest BCUT2D eigenvalue weighted by Gasteiger charge is -2.06. The van der Waals surface area contributed by atoms with Gasteiger partial charge in [-0.05, 0) is 0 Å². The van der Waals surface area contributed by atoms with Gasteiger partial charge in [0.05, 0.1) is 11.4 Å². The molecule has 0 radical (unpaired) electrons. The molecule has 0 bridgehead atoms. The Morgan fingerprint density at radius 2 is 1.86 bits per heavy atom. The highest BCUT2D eigenvalue weighted by atomic mass is 35.5. The van der Waals surface area contributed by atoms with Crippen LogP contribution in [0.3, 0.4) is 0 Å². The van der Waals surface area contributed by atoms with Gasteiger partial charge in [-0.15, -0.1) is 0 Å². The van der Waals surface area contributed by atoms with Crippen LogP contribution in [0.25, 0.3) is 0 Å². The molecular weight excluding hydrogens is 252 g/mol. The van der Waals surface area contributed by atoms with Crippen LogP contribution < -0.4 is 0 Å². The summed E-state index contributed by atoms with van der Waals surface area (Å²) >= 11 is 16.8. The summed E-state index contributed by atoms with van der Waals surface area (Å²) in [5.41, 5.74) is 0.0540. The van der Waals surface area contributed by atoms with Crippen LogP contribution in [0.15, 0.2) is 0 Å². The maximum Gasteiger partial charge on any atom is 0.307 e. The van der Waals surface area contributed by atoms with E-state index in [1.165, 1.54) is 0 Å². The molecule has 1 aromatic rings. The fraction of sp³-hybridized carbons (Fsp3) is 0.143. The minimum absolute atomic E-state index is 0.0540. The summed E-state index contributed by atoms with van der Waals surface area (Å²) < 4.78 is 0. The summed E-state index contributed by atoms with van der Waals surface area (Å²) in [6.45, 7) is 0. The minimum Gasteiger partial charge on any atom is -0.492 e. The van der Waals surface area contributed by atoms with Gasteiger partial charge in [0.25, 0.3) is 0 Å². The summed E-state index contributed by atoms with van der Waals surface area (Å²) in [5, 5.41) is 17.2. The molecule has 14 heavy (non-hydrogen) atoms. The molecule has 4 nitrogen and oxygen atoms in total. The number of aliphatic carboxylic acids is 1. The highest BCUT2D eigenvalue weighted by molar-refractivity contribution is 6.43. The predicted octanol–water partition coefficient (Wildman–Crippen LogP) is 2.37. The molecule has 0 atom stereocenters. The van der Waals surface area contributed by atoms with Gasteiger partial charge in [-0.3, -0.25) is 4.79 Å². The zero-order valence-corrected chi connectivity index (χ0v) is 8.86. The van der Waals surface area contributed by atoms with Crippen molar-refractivity contribution in [2.75, 3.05) is 0 Å². The first-order valence-electron chi connectivity index (χ1n) is 3.37. The van der Waals surface area contributed by atoms with Gasteiger partial charge in [0.1, 0.15) is 5.02 Å². The van der Waals surface area contributed by atoms with Gasteiger partial charge in [-0.25, -0.2) is 0 Å². The van der Waals surface area contributed by atoms with Crippen LogP contribution in [-0.2, 0) is 11.2 Å². The number of carbonyl (C=O) groups is 1. The molecule has 1 heterocycles. The molecule has 0 spiro atoms. The summed E-state index contributed by atoms with van der Waals surface area (Å²) in [7, 11) is 0. The lowest BCUT2D eigenvalue weighted by Crippen LogP contribution is -2.02. The van der Waals surface area contributed by atoms with Crippen molar-refractivity contribution in [1.29, 1.82) is 0 Å². The highest BCUT2D eigenvalue weighted by Crippen LogP contribution is 2.35. The number of carboxylic acid groups (broad SMARTS) is 1. The summed E-state index contributed by atoms with van der Waals surface area (Å²) in [5.74, 6) is -1.66. The molecule has 1 rings (SSSR count). The number of aromatic nitrogens is 1.